The molecule has 0 aliphatic heterocycles. The molecule has 0 fully saturated rings. The van der Waals surface area contributed by atoms with Crippen LogP contribution in [-0.2, 0) is 53.3 Å². The number of hydrogen-bond acceptors (Lipinski definition) is 3. The zero-order valence-electron chi connectivity index (χ0n) is 2.72. The minimum absolute atomic E-state index is 0. The van der Waals surface area contributed by atoms with E-state index in [-0.39, 0.29) is 41.7 Å². The van der Waals surface area contributed by atoms with Crippen molar-refractivity contribution in [2.24, 2.45) is 0 Å². The second kappa shape index (κ2) is 26.3. The van der Waals surface area contributed by atoms with Crippen LogP contribution in [0.25, 0.3) is 0 Å². The van der Waals surface area contributed by atoms with E-state index < -0.39 is 19.1 Å². The molecule has 0 aromatic rings. The van der Waals surface area contributed by atoms with Gasteiger partial charge in [0.05, 0.1) is 0 Å². The van der Waals surface area contributed by atoms with Gasteiger partial charge in [-0.25, -0.2) is 0 Å². The van der Waals surface area contributed by atoms with Crippen molar-refractivity contribution in [1.29, 1.82) is 0 Å². The van der Waals surface area contributed by atoms with E-state index >= 15 is 0 Å². The molecule has 0 radical (unpaired) electrons. The van der Waals surface area contributed by atoms with E-state index in [9.17, 15) is 0 Å². The van der Waals surface area contributed by atoms with Crippen LogP contribution < -0.4 is 0 Å². The number of rotatable bonds is 0. The van der Waals surface area contributed by atoms with Crippen LogP contribution in [0.5, 0.6) is 0 Å². The van der Waals surface area contributed by atoms with E-state index in [1.807, 2.05) is 0 Å². The van der Waals surface area contributed by atoms with Crippen molar-refractivity contribution in [3.8, 4) is 0 Å². The van der Waals surface area contributed by atoms with Gasteiger partial charge in [0.1, 0.15) is 0 Å². The monoisotopic (exact) mass is 326 g/mol. The first-order chi connectivity index (χ1) is 2.41. The summed E-state index contributed by atoms with van der Waals surface area (Å²) in [6.07, 6.45) is 0. The van der Waals surface area contributed by atoms with Gasteiger partial charge >= 0.3 is 53.3 Å². The summed E-state index contributed by atoms with van der Waals surface area (Å²) in [6.45, 7) is 0. The van der Waals surface area contributed by atoms with Gasteiger partial charge in [-0.15, -0.1) is 0 Å². The molecule has 0 bridgehead atoms. The fraction of sp³-hybridized carbons (Fsp3) is 0. The minimum atomic E-state index is -2.00. The molecule has 0 saturated heterocycles. The molecule has 30 valence electrons. The summed E-state index contributed by atoms with van der Waals surface area (Å²) in [6, 6.07) is 0. The summed E-state index contributed by atoms with van der Waals surface area (Å²) in [5.41, 5.74) is 0. The van der Waals surface area contributed by atoms with E-state index in [0.29, 0.717) is 24.7 Å². The van der Waals surface area contributed by atoms with Crippen molar-refractivity contribution < 1.29 is 95.0 Å². The molecule has 0 saturated carbocycles. The molecular weight excluding hydrogens is 327 g/mol. The van der Waals surface area contributed by atoms with Crippen molar-refractivity contribution in [1.82, 2.24) is 0 Å². The average Bonchev–Trinajstić information content (AvgIpc) is 1.46. The van der Waals surface area contributed by atoms with Gasteiger partial charge in [0, 0.05) is 41.7 Å². The molecule has 6 heavy (non-hydrogen) atoms. The van der Waals surface area contributed by atoms with Crippen molar-refractivity contribution in [3.63, 3.8) is 0 Å². The molecule has 0 spiro atoms. The predicted octanol–water partition coefficient (Wildman–Crippen LogP) is -0.361. The second-order valence-electron chi connectivity index (χ2n) is 0.0833. The average molecular weight is 327 g/mol. The Labute approximate surface area is 92.9 Å². The Morgan fingerprint density at radius 2 is 1.17 bits per heavy atom. The fourth-order valence-electron chi connectivity index (χ4n) is 0. The van der Waals surface area contributed by atoms with E-state index in [0.717, 1.165) is 0 Å². The SMILES string of the molecule is [Ce].[O]=[Ti]=[O].[O]=[Zr]. The van der Waals surface area contributed by atoms with Gasteiger partial charge in [-0.1, -0.05) is 0 Å². The normalized spacial score (nSPS) is 1.83. The van der Waals surface area contributed by atoms with Crippen molar-refractivity contribution in [3.05, 3.63) is 0 Å². The Bertz CT molecular complexity index is 40.1. The molecule has 0 aliphatic rings. The maximum atomic E-state index is 8.50. The molecule has 0 heterocycles. The molecule has 3 nitrogen and oxygen atoms in total. The molecule has 0 unspecified atom stereocenters. The first-order valence-corrected chi connectivity index (χ1v) is 2.89. The second-order valence-corrected chi connectivity index (χ2v) is 0.344. The topological polar surface area (TPSA) is 51.2 Å². The molecule has 0 atom stereocenters. The summed E-state index contributed by atoms with van der Waals surface area (Å²) in [7, 11) is 0. The van der Waals surface area contributed by atoms with Gasteiger partial charge in [0.25, 0.3) is 0 Å². The van der Waals surface area contributed by atoms with Crippen molar-refractivity contribution >= 4 is 0 Å². The van der Waals surface area contributed by atoms with Crippen LogP contribution in [0.15, 0.2) is 0 Å². The van der Waals surface area contributed by atoms with E-state index in [2.05, 4.69) is 0 Å². The first kappa shape index (κ1) is 15.8. The van der Waals surface area contributed by atoms with Crippen LogP contribution in [0.2, 0.25) is 0 Å². The molecule has 0 aliphatic carbocycles. The number of hydrogen-bond donors (Lipinski definition) is 0. The molecular formula is CeO3TiZr. The van der Waals surface area contributed by atoms with Gasteiger partial charge < -0.3 is 0 Å². The quantitative estimate of drug-likeness (QED) is 0.571. The Hall–Kier alpha value is 2.37. The summed E-state index contributed by atoms with van der Waals surface area (Å²) < 4.78 is 25.3. The standard InChI is InChI=1S/Ce.3O.Ti.Zr. The van der Waals surface area contributed by atoms with E-state index in [1.165, 1.54) is 0 Å². The molecule has 0 aromatic carbocycles. The summed E-state index contributed by atoms with van der Waals surface area (Å²) in [5, 5.41) is 0. The Morgan fingerprint density at radius 1 is 1.17 bits per heavy atom. The van der Waals surface area contributed by atoms with Crippen molar-refractivity contribution in [2.45, 2.75) is 0 Å². The fourth-order valence-corrected chi connectivity index (χ4v) is 0. The van der Waals surface area contributed by atoms with Gasteiger partial charge in [0.2, 0.25) is 0 Å². The predicted molar refractivity (Wildman–Crippen MR) is 2.06 cm³/mol. The third kappa shape index (κ3) is 32.7. The van der Waals surface area contributed by atoms with E-state index in [1.54, 1.807) is 0 Å². The molecule has 0 rings (SSSR count). The summed E-state index contributed by atoms with van der Waals surface area (Å²) in [5.74, 6) is 0. The summed E-state index contributed by atoms with van der Waals surface area (Å²) in [4.78, 5) is 0. The van der Waals surface area contributed by atoms with Crippen LogP contribution >= 0.6 is 0 Å². The van der Waals surface area contributed by atoms with Crippen LogP contribution in [0, 0.1) is 41.7 Å². The molecule has 0 aromatic heterocycles. The van der Waals surface area contributed by atoms with Crippen LogP contribution in [0.4, 0.5) is 0 Å². The first-order valence-electron chi connectivity index (χ1n) is 0.612. The van der Waals surface area contributed by atoms with Gasteiger partial charge in [-0.05, 0) is 0 Å². The van der Waals surface area contributed by atoms with E-state index in [4.69, 9.17) is 9.46 Å². The Kier molecular flexibility index (Phi) is 69.2. The zero-order valence-corrected chi connectivity index (χ0v) is 9.88. The third-order valence-electron chi connectivity index (χ3n) is 0. The molecule has 0 amide bonds. The maximum absolute atomic E-state index is 8.50. The Balaban J connectivity index is -0.0000000275. The van der Waals surface area contributed by atoms with Gasteiger partial charge in [-0.2, -0.15) is 0 Å². The van der Waals surface area contributed by atoms with Gasteiger partial charge in [-0.3, -0.25) is 0 Å². The van der Waals surface area contributed by atoms with Crippen LogP contribution in [0.3, 0.4) is 0 Å². The van der Waals surface area contributed by atoms with Gasteiger partial charge in [0.15, 0.2) is 0 Å². The van der Waals surface area contributed by atoms with Crippen LogP contribution in [0.1, 0.15) is 0 Å². The third-order valence-corrected chi connectivity index (χ3v) is 0. The molecule has 6 heteroatoms. The van der Waals surface area contributed by atoms with Crippen LogP contribution in [-0.4, -0.2) is 0 Å². The zero-order chi connectivity index (χ0) is 4.71. The Morgan fingerprint density at radius 3 is 1.17 bits per heavy atom. The molecule has 0 N–H and O–H groups in total. The summed E-state index contributed by atoms with van der Waals surface area (Å²) >= 11 is -1.70. The van der Waals surface area contributed by atoms with Crippen molar-refractivity contribution in [2.75, 3.05) is 0 Å².